The van der Waals surface area contributed by atoms with E-state index in [1.54, 1.807) is 23.5 Å². The van der Waals surface area contributed by atoms with E-state index in [1.807, 2.05) is 28.5 Å². The summed E-state index contributed by atoms with van der Waals surface area (Å²) in [5.41, 5.74) is 0.820. The van der Waals surface area contributed by atoms with Crippen LogP contribution in [-0.2, 0) is 0 Å². The molecule has 0 saturated carbocycles. The van der Waals surface area contributed by atoms with Gasteiger partial charge in [0.2, 0.25) is 0 Å². The van der Waals surface area contributed by atoms with Crippen LogP contribution < -0.4 is 0 Å². The maximum atomic E-state index is 12.8. The van der Waals surface area contributed by atoms with Crippen molar-refractivity contribution in [3.05, 3.63) is 53.4 Å². The van der Waals surface area contributed by atoms with Gasteiger partial charge in [0.1, 0.15) is 5.69 Å². The van der Waals surface area contributed by atoms with Gasteiger partial charge >= 0.3 is 0 Å². The fraction of sp³-hybridized carbons (Fsp3) is 0.333. The maximum absolute atomic E-state index is 12.8. The summed E-state index contributed by atoms with van der Waals surface area (Å²) < 4.78 is 10.8. The van der Waals surface area contributed by atoms with Gasteiger partial charge in [0.15, 0.2) is 11.5 Å². The second-order valence-electron chi connectivity index (χ2n) is 5.93. The van der Waals surface area contributed by atoms with E-state index >= 15 is 0 Å². The number of nitrogens with zero attached hydrogens (tertiary/aromatic N) is 2. The highest BCUT2D eigenvalue weighted by Crippen LogP contribution is 2.34. The van der Waals surface area contributed by atoms with Crippen molar-refractivity contribution in [3.63, 3.8) is 0 Å². The van der Waals surface area contributed by atoms with Crippen LogP contribution in [0.5, 0.6) is 0 Å². The molecule has 1 atom stereocenters. The largest absolute Gasteiger partial charge is 0.459 e. The van der Waals surface area contributed by atoms with Crippen molar-refractivity contribution in [2.75, 3.05) is 6.54 Å². The van der Waals surface area contributed by atoms with E-state index in [-0.39, 0.29) is 11.9 Å². The van der Waals surface area contributed by atoms with Gasteiger partial charge in [0.25, 0.3) is 5.91 Å². The molecule has 0 radical (unpaired) electrons. The Morgan fingerprint density at radius 3 is 3.00 bits per heavy atom. The normalized spacial score (nSPS) is 18.5. The number of carbonyl (C=O) groups excluding carboxylic acids is 1. The summed E-state index contributed by atoms with van der Waals surface area (Å²) in [5, 5.41) is 6.27. The molecule has 1 aliphatic heterocycles. The molecule has 0 spiro atoms. The minimum atomic E-state index is -0.0763. The molecular formula is C18H18N2O3S. The molecule has 4 heterocycles. The van der Waals surface area contributed by atoms with Crippen LogP contribution in [0.2, 0.25) is 0 Å². The maximum Gasteiger partial charge on any atom is 0.290 e. The Hall–Kier alpha value is -2.34. The molecule has 0 unspecified atom stereocenters. The average molecular weight is 342 g/mol. The molecule has 0 N–H and O–H groups in total. The number of hydrogen-bond donors (Lipinski definition) is 0. The molecular weight excluding hydrogens is 324 g/mol. The Morgan fingerprint density at radius 2 is 2.21 bits per heavy atom. The van der Waals surface area contributed by atoms with Gasteiger partial charge < -0.3 is 13.8 Å². The minimum absolute atomic E-state index is 0.0671. The van der Waals surface area contributed by atoms with Crippen molar-refractivity contribution in [3.8, 4) is 10.6 Å². The highest BCUT2D eigenvalue weighted by atomic mass is 32.1. The molecule has 0 aliphatic carbocycles. The minimum Gasteiger partial charge on any atom is -0.459 e. The highest BCUT2D eigenvalue weighted by Gasteiger charge is 2.31. The standard InChI is InChI=1S/C18H18N2O3S/c21-18(15-7-4-10-22-15)20-9-3-1-2-6-14(20)13-12-16(23-19-13)17-8-5-11-24-17/h4-5,7-8,10-12,14H,1-3,6,9H2/t14-/m1/s1. The average Bonchev–Trinajstić information content (AvgIpc) is 3.33. The third-order valence-corrected chi connectivity index (χ3v) is 5.26. The summed E-state index contributed by atoms with van der Waals surface area (Å²) in [6, 6.07) is 9.34. The van der Waals surface area contributed by atoms with Crippen LogP contribution in [0.25, 0.3) is 10.6 Å². The van der Waals surface area contributed by atoms with Crippen molar-refractivity contribution in [1.29, 1.82) is 0 Å². The second kappa shape index (κ2) is 6.65. The zero-order valence-corrected chi connectivity index (χ0v) is 14.0. The number of amides is 1. The van der Waals surface area contributed by atoms with Gasteiger partial charge in [0, 0.05) is 12.6 Å². The van der Waals surface area contributed by atoms with Gasteiger partial charge in [-0.2, -0.15) is 0 Å². The highest BCUT2D eigenvalue weighted by molar-refractivity contribution is 7.13. The fourth-order valence-electron chi connectivity index (χ4n) is 3.18. The predicted molar refractivity (Wildman–Crippen MR) is 90.8 cm³/mol. The van der Waals surface area contributed by atoms with Gasteiger partial charge in [0.05, 0.1) is 17.2 Å². The SMILES string of the molecule is O=C(c1ccco1)N1CCCCC[C@@H]1c1cc(-c2cccs2)on1. The molecule has 1 amide bonds. The van der Waals surface area contributed by atoms with Crippen molar-refractivity contribution in [2.45, 2.75) is 31.7 Å². The molecule has 0 bridgehead atoms. The lowest BCUT2D eigenvalue weighted by Gasteiger charge is -2.27. The number of carbonyl (C=O) groups is 1. The number of rotatable bonds is 3. The van der Waals surface area contributed by atoms with Crippen LogP contribution in [0.1, 0.15) is 48.0 Å². The van der Waals surface area contributed by atoms with E-state index in [4.69, 9.17) is 8.94 Å². The van der Waals surface area contributed by atoms with Gasteiger partial charge in [-0.1, -0.05) is 24.1 Å². The molecule has 1 saturated heterocycles. The van der Waals surface area contributed by atoms with E-state index < -0.39 is 0 Å². The molecule has 6 heteroatoms. The van der Waals surface area contributed by atoms with Gasteiger partial charge in [-0.3, -0.25) is 4.79 Å². The summed E-state index contributed by atoms with van der Waals surface area (Å²) in [5.74, 6) is 1.06. The molecule has 24 heavy (non-hydrogen) atoms. The summed E-state index contributed by atoms with van der Waals surface area (Å²) in [7, 11) is 0. The van der Waals surface area contributed by atoms with Crippen LogP contribution >= 0.6 is 11.3 Å². The summed E-state index contributed by atoms with van der Waals surface area (Å²) in [6.07, 6.45) is 5.62. The Kier molecular flexibility index (Phi) is 4.21. The van der Waals surface area contributed by atoms with Crippen molar-refractivity contribution < 1.29 is 13.7 Å². The summed E-state index contributed by atoms with van der Waals surface area (Å²) in [6.45, 7) is 0.714. The smallest absolute Gasteiger partial charge is 0.290 e. The van der Waals surface area contributed by atoms with E-state index in [0.29, 0.717) is 12.3 Å². The number of likely N-dealkylation sites (tertiary alicyclic amines) is 1. The van der Waals surface area contributed by atoms with Crippen molar-refractivity contribution >= 4 is 17.2 Å². The van der Waals surface area contributed by atoms with Crippen LogP contribution in [0.4, 0.5) is 0 Å². The molecule has 124 valence electrons. The van der Waals surface area contributed by atoms with Crippen LogP contribution in [0.15, 0.2) is 50.9 Å². The van der Waals surface area contributed by atoms with Gasteiger partial charge in [-0.25, -0.2) is 0 Å². The molecule has 4 rings (SSSR count). The van der Waals surface area contributed by atoms with Gasteiger partial charge in [-0.15, -0.1) is 11.3 Å². The molecule has 3 aromatic heterocycles. The number of aromatic nitrogens is 1. The Labute approximate surface area is 143 Å². The molecule has 1 fully saturated rings. The lowest BCUT2D eigenvalue weighted by molar-refractivity contribution is 0.0641. The van der Waals surface area contributed by atoms with Crippen molar-refractivity contribution in [2.24, 2.45) is 0 Å². The summed E-state index contributed by atoms with van der Waals surface area (Å²) >= 11 is 1.62. The zero-order chi connectivity index (χ0) is 16.4. The summed E-state index contributed by atoms with van der Waals surface area (Å²) in [4.78, 5) is 15.7. The van der Waals surface area contributed by atoms with Crippen LogP contribution in [0, 0.1) is 0 Å². The zero-order valence-electron chi connectivity index (χ0n) is 13.2. The lowest BCUT2D eigenvalue weighted by Crippen LogP contribution is -2.34. The molecule has 0 aromatic carbocycles. The first-order valence-corrected chi connectivity index (χ1v) is 9.06. The number of hydrogen-bond acceptors (Lipinski definition) is 5. The molecule has 3 aromatic rings. The Balaban J connectivity index is 1.64. The van der Waals surface area contributed by atoms with E-state index in [2.05, 4.69) is 5.16 Å². The van der Waals surface area contributed by atoms with Crippen LogP contribution in [0.3, 0.4) is 0 Å². The second-order valence-corrected chi connectivity index (χ2v) is 6.88. The third-order valence-electron chi connectivity index (χ3n) is 4.38. The first kappa shape index (κ1) is 15.2. The number of thiophene rings is 1. The van der Waals surface area contributed by atoms with E-state index in [1.165, 1.54) is 6.26 Å². The number of furan rings is 1. The third kappa shape index (κ3) is 2.89. The monoisotopic (exact) mass is 342 g/mol. The first-order valence-electron chi connectivity index (χ1n) is 8.18. The lowest BCUT2D eigenvalue weighted by atomic mass is 10.1. The Bertz CT molecular complexity index is 792. The molecule has 5 nitrogen and oxygen atoms in total. The van der Waals surface area contributed by atoms with Gasteiger partial charge in [-0.05, 0) is 36.4 Å². The quantitative estimate of drug-likeness (QED) is 0.689. The van der Waals surface area contributed by atoms with Crippen molar-refractivity contribution in [1.82, 2.24) is 10.1 Å². The fourth-order valence-corrected chi connectivity index (χ4v) is 3.85. The Morgan fingerprint density at radius 1 is 1.25 bits per heavy atom. The predicted octanol–water partition coefficient (Wildman–Crippen LogP) is 4.75. The van der Waals surface area contributed by atoms with E-state index in [0.717, 1.165) is 42.0 Å². The van der Waals surface area contributed by atoms with E-state index in [9.17, 15) is 4.79 Å². The molecule has 1 aliphatic rings. The topological polar surface area (TPSA) is 59.5 Å². The van der Waals surface area contributed by atoms with Crippen LogP contribution in [-0.4, -0.2) is 22.5 Å². The first-order chi connectivity index (χ1) is 11.8.